The molecule has 0 aromatic carbocycles. The zero-order chi connectivity index (χ0) is 12.3. The fraction of sp³-hybridized carbons (Fsp3) is 0.636. The van der Waals surface area contributed by atoms with E-state index in [1.54, 1.807) is 13.4 Å². The van der Waals surface area contributed by atoms with Gasteiger partial charge in [0, 0.05) is 46.5 Å². The smallest absolute Gasteiger partial charge is 0.238 e. The van der Waals surface area contributed by atoms with Crippen molar-refractivity contribution in [3.63, 3.8) is 0 Å². The molecule has 0 saturated carbocycles. The van der Waals surface area contributed by atoms with E-state index in [9.17, 15) is 4.79 Å². The van der Waals surface area contributed by atoms with Gasteiger partial charge < -0.3 is 15.2 Å². The Morgan fingerprint density at radius 2 is 2.53 bits per heavy atom. The summed E-state index contributed by atoms with van der Waals surface area (Å²) in [6.45, 7) is 3.27. The Hall–Kier alpha value is -1.40. The van der Waals surface area contributed by atoms with Crippen LogP contribution < -0.4 is 10.6 Å². The van der Waals surface area contributed by atoms with E-state index in [1.807, 2.05) is 17.8 Å². The first kappa shape index (κ1) is 12.1. The molecule has 2 N–H and O–H groups in total. The van der Waals surface area contributed by atoms with Crippen LogP contribution in [0.4, 0.5) is 0 Å². The van der Waals surface area contributed by atoms with Crippen LogP contribution in [-0.2, 0) is 18.4 Å². The van der Waals surface area contributed by atoms with Crippen LogP contribution in [0.3, 0.4) is 0 Å². The number of carbonyl (C=O) groups excluding carboxylic acids is 1. The van der Waals surface area contributed by atoms with Gasteiger partial charge in [-0.2, -0.15) is 0 Å². The second-order valence-electron chi connectivity index (χ2n) is 4.30. The van der Waals surface area contributed by atoms with Crippen LogP contribution in [-0.4, -0.2) is 53.1 Å². The molecule has 0 radical (unpaired) electrons. The van der Waals surface area contributed by atoms with E-state index in [1.165, 1.54) is 0 Å². The number of piperazine rings is 1. The molecule has 1 unspecified atom stereocenters. The predicted molar refractivity (Wildman–Crippen MR) is 64.3 cm³/mol. The van der Waals surface area contributed by atoms with Crippen molar-refractivity contribution in [2.45, 2.75) is 12.6 Å². The third-order valence-electron chi connectivity index (χ3n) is 3.18. The van der Waals surface area contributed by atoms with Crippen molar-refractivity contribution in [2.24, 2.45) is 7.05 Å². The lowest BCUT2D eigenvalue weighted by atomic mass is 10.1. The van der Waals surface area contributed by atoms with Crippen molar-refractivity contribution >= 4 is 5.91 Å². The van der Waals surface area contributed by atoms with Crippen molar-refractivity contribution in [1.29, 1.82) is 0 Å². The monoisotopic (exact) mass is 237 g/mol. The van der Waals surface area contributed by atoms with Crippen LogP contribution in [0.2, 0.25) is 0 Å². The summed E-state index contributed by atoms with van der Waals surface area (Å²) in [4.78, 5) is 18.1. The summed E-state index contributed by atoms with van der Waals surface area (Å²) in [5, 5.41) is 5.97. The molecule has 94 valence electrons. The highest BCUT2D eigenvalue weighted by Crippen LogP contribution is 2.09. The number of nitrogens with zero attached hydrogens (tertiary/aromatic N) is 3. The van der Waals surface area contributed by atoms with E-state index in [0.717, 1.165) is 25.3 Å². The molecule has 2 heterocycles. The second-order valence-corrected chi connectivity index (χ2v) is 4.30. The molecule has 1 aliphatic heterocycles. The average molecular weight is 237 g/mol. The van der Waals surface area contributed by atoms with Crippen LogP contribution in [0.15, 0.2) is 12.5 Å². The zero-order valence-corrected chi connectivity index (χ0v) is 10.3. The van der Waals surface area contributed by atoms with Gasteiger partial charge in [-0.1, -0.05) is 0 Å². The van der Waals surface area contributed by atoms with E-state index in [-0.39, 0.29) is 11.9 Å². The third kappa shape index (κ3) is 2.65. The molecule has 1 aromatic heterocycles. The van der Waals surface area contributed by atoms with E-state index >= 15 is 0 Å². The molecule has 1 aromatic rings. The van der Waals surface area contributed by atoms with E-state index in [2.05, 4.69) is 20.5 Å². The summed E-state index contributed by atoms with van der Waals surface area (Å²) in [5.74, 6) is 0.0689. The molecular weight excluding hydrogens is 218 g/mol. The first-order valence-electron chi connectivity index (χ1n) is 5.84. The second kappa shape index (κ2) is 5.29. The van der Waals surface area contributed by atoms with Crippen LogP contribution in [0.25, 0.3) is 0 Å². The molecule has 6 nitrogen and oxygen atoms in total. The summed E-state index contributed by atoms with van der Waals surface area (Å²) in [6, 6.07) is -0.0938. The summed E-state index contributed by atoms with van der Waals surface area (Å²) in [7, 11) is 3.65. The summed E-state index contributed by atoms with van der Waals surface area (Å²) < 4.78 is 1.99. The van der Waals surface area contributed by atoms with Gasteiger partial charge in [-0.3, -0.25) is 9.69 Å². The van der Waals surface area contributed by atoms with Crippen LogP contribution in [0.5, 0.6) is 0 Å². The van der Waals surface area contributed by atoms with Crippen LogP contribution >= 0.6 is 0 Å². The SMILES string of the molecule is CNC(=O)C1CNCCN1Cc1cncn1C. The normalized spacial score (nSPS) is 21.4. The minimum Gasteiger partial charge on any atom is -0.358 e. The molecule has 1 atom stereocenters. The van der Waals surface area contributed by atoms with Gasteiger partial charge in [0.1, 0.15) is 6.04 Å². The molecule has 1 amide bonds. The van der Waals surface area contributed by atoms with Gasteiger partial charge in [-0.15, -0.1) is 0 Å². The molecule has 2 rings (SSSR count). The summed E-state index contributed by atoms with van der Waals surface area (Å²) >= 11 is 0. The molecule has 1 aliphatic rings. The van der Waals surface area contributed by atoms with Crippen molar-refractivity contribution in [3.05, 3.63) is 18.2 Å². The quantitative estimate of drug-likeness (QED) is 0.703. The standard InChI is InChI=1S/C11H19N5O/c1-12-11(17)10-6-13-3-4-16(10)7-9-5-14-8-15(9)2/h5,8,10,13H,3-4,6-7H2,1-2H3,(H,12,17). The topological polar surface area (TPSA) is 62.2 Å². The molecule has 0 bridgehead atoms. The number of hydrogen-bond donors (Lipinski definition) is 2. The Morgan fingerprint density at radius 1 is 1.71 bits per heavy atom. The van der Waals surface area contributed by atoms with Crippen LogP contribution in [0.1, 0.15) is 5.69 Å². The Kier molecular flexibility index (Phi) is 3.75. The number of carbonyl (C=O) groups is 1. The fourth-order valence-electron chi connectivity index (χ4n) is 2.11. The highest BCUT2D eigenvalue weighted by Gasteiger charge is 2.28. The Balaban J connectivity index is 2.06. The maximum absolute atomic E-state index is 11.8. The zero-order valence-electron chi connectivity index (χ0n) is 10.3. The summed E-state index contributed by atoms with van der Waals surface area (Å²) in [5.41, 5.74) is 1.13. The third-order valence-corrected chi connectivity index (χ3v) is 3.18. The fourth-order valence-corrected chi connectivity index (χ4v) is 2.11. The minimum atomic E-state index is -0.0938. The molecular formula is C11H19N5O. The molecule has 1 saturated heterocycles. The lowest BCUT2D eigenvalue weighted by Crippen LogP contribution is -2.57. The number of aryl methyl sites for hydroxylation is 1. The average Bonchev–Trinajstić information content (AvgIpc) is 2.75. The number of nitrogens with one attached hydrogen (secondary N) is 2. The minimum absolute atomic E-state index is 0.0689. The first-order chi connectivity index (χ1) is 8.22. The predicted octanol–water partition coefficient (Wildman–Crippen LogP) is -1.06. The Bertz CT molecular complexity index is 389. The highest BCUT2D eigenvalue weighted by atomic mass is 16.2. The molecule has 17 heavy (non-hydrogen) atoms. The maximum Gasteiger partial charge on any atom is 0.238 e. The molecule has 1 fully saturated rings. The summed E-state index contributed by atoms with van der Waals surface area (Å²) in [6.07, 6.45) is 3.63. The van der Waals surface area contributed by atoms with Gasteiger partial charge in [0.05, 0.1) is 12.0 Å². The molecule has 0 aliphatic carbocycles. The number of aromatic nitrogens is 2. The van der Waals surface area contributed by atoms with Crippen molar-refractivity contribution in [1.82, 2.24) is 25.1 Å². The van der Waals surface area contributed by atoms with Crippen molar-refractivity contribution < 1.29 is 4.79 Å². The van der Waals surface area contributed by atoms with E-state index < -0.39 is 0 Å². The van der Waals surface area contributed by atoms with E-state index in [0.29, 0.717) is 6.54 Å². The van der Waals surface area contributed by atoms with E-state index in [4.69, 9.17) is 0 Å². The number of likely N-dealkylation sites (N-methyl/N-ethyl adjacent to an activating group) is 1. The maximum atomic E-state index is 11.8. The van der Waals surface area contributed by atoms with Gasteiger partial charge >= 0.3 is 0 Å². The van der Waals surface area contributed by atoms with Gasteiger partial charge in [-0.05, 0) is 0 Å². The first-order valence-corrected chi connectivity index (χ1v) is 5.84. The number of imidazole rings is 1. The lowest BCUT2D eigenvalue weighted by molar-refractivity contribution is -0.126. The van der Waals surface area contributed by atoms with Crippen LogP contribution in [0, 0.1) is 0 Å². The van der Waals surface area contributed by atoms with Crippen molar-refractivity contribution in [2.75, 3.05) is 26.7 Å². The van der Waals surface area contributed by atoms with Crippen molar-refractivity contribution in [3.8, 4) is 0 Å². The number of hydrogen-bond acceptors (Lipinski definition) is 4. The number of rotatable bonds is 3. The van der Waals surface area contributed by atoms with Gasteiger partial charge in [-0.25, -0.2) is 4.98 Å². The molecule has 0 spiro atoms. The number of amides is 1. The highest BCUT2D eigenvalue weighted by molar-refractivity contribution is 5.81. The largest absolute Gasteiger partial charge is 0.358 e. The van der Waals surface area contributed by atoms with Gasteiger partial charge in [0.25, 0.3) is 0 Å². The Labute approximate surface area is 101 Å². The van der Waals surface area contributed by atoms with Gasteiger partial charge in [0.15, 0.2) is 0 Å². The lowest BCUT2D eigenvalue weighted by Gasteiger charge is -2.34. The Morgan fingerprint density at radius 3 is 3.18 bits per heavy atom. The van der Waals surface area contributed by atoms with Gasteiger partial charge in [0.2, 0.25) is 5.91 Å². The molecule has 6 heteroatoms.